The number of hydrogen-bond donors (Lipinski definition) is 11. The third-order valence-electron chi connectivity index (χ3n) is 8.76. The van der Waals surface area contributed by atoms with Crippen LogP contribution in [0.2, 0.25) is 0 Å². The number of aliphatic carboxylic acids is 1. The topological polar surface area (TPSA) is 264 Å². The zero-order valence-corrected chi connectivity index (χ0v) is 26.4. The van der Waals surface area contributed by atoms with E-state index in [-0.39, 0.29) is 50.8 Å². The first kappa shape index (κ1) is 33.7. The van der Waals surface area contributed by atoms with Crippen molar-refractivity contribution in [2.75, 3.05) is 5.75 Å². The number of phenolic OH excluding ortho intramolecular Hbond substituents is 7. The molecule has 12 N–H and O–H groups in total. The average Bonchev–Trinajstić information content (AvgIpc) is 3.03. The van der Waals surface area contributed by atoms with E-state index in [1.807, 2.05) is 0 Å². The first-order valence-electron chi connectivity index (χ1n) is 14.9. The van der Waals surface area contributed by atoms with Gasteiger partial charge in [-0.25, -0.2) is 0 Å². The molecule has 4 aromatic rings. The Bertz CT molecular complexity index is 1950. The highest BCUT2D eigenvalue weighted by Gasteiger charge is 2.48. The Morgan fingerprint density at radius 1 is 0.735 bits per heavy atom. The second-order valence-electron chi connectivity index (χ2n) is 12.0. The van der Waals surface area contributed by atoms with Crippen molar-refractivity contribution in [3.05, 3.63) is 88.0 Å². The van der Waals surface area contributed by atoms with Crippen molar-refractivity contribution in [1.29, 1.82) is 0 Å². The molecule has 0 aromatic heterocycles. The lowest BCUT2D eigenvalue weighted by molar-refractivity contribution is -0.137. The average molecular weight is 696 g/mol. The highest BCUT2D eigenvalue weighted by Crippen LogP contribution is 2.60. The fraction of sp³-hybridized carbons (Fsp3) is 0.265. The van der Waals surface area contributed by atoms with Crippen LogP contribution in [0.1, 0.15) is 56.8 Å². The molecule has 2 aliphatic rings. The molecule has 6 rings (SSSR count). The minimum Gasteiger partial charge on any atom is -0.508 e. The number of nitrogens with two attached hydrogens (primary N) is 1. The predicted octanol–water partition coefficient (Wildman–Crippen LogP) is 3.24. The Balaban J connectivity index is 1.59. The molecule has 0 amide bonds. The molecule has 2 heterocycles. The molecule has 0 unspecified atom stereocenters. The van der Waals surface area contributed by atoms with Gasteiger partial charge in [-0.05, 0) is 41.8 Å². The van der Waals surface area contributed by atoms with E-state index in [0.29, 0.717) is 5.56 Å². The largest absolute Gasteiger partial charge is 0.508 e. The number of ether oxygens (including phenoxy) is 2. The number of aromatic hydroxyl groups is 7. The number of thioether (sulfide) groups is 1. The van der Waals surface area contributed by atoms with Crippen LogP contribution in [0.25, 0.3) is 0 Å². The van der Waals surface area contributed by atoms with Crippen molar-refractivity contribution in [3.63, 3.8) is 0 Å². The van der Waals surface area contributed by atoms with Crippen molar-refractivity contribution in [2.45, 2.75) is 48.5 Å². The highest BCUT2D eigenvalue weighted by molar-refractivity contribution is 7.99. The summed E-state index contributed by atoms with van der Waals surface area (Å²) in [4.78, 5) is 11.6. The molecule has 0 saturated heterocycles. The Labute approximate surface area is 282 Å². The number of hydrogen-bond acceptors (Lipinski definition) is 14. The molecule has 0 spiro atoms. The van der Waals surface area contributed by atoms with Gasteiger partial charge in [0, 0.05) is 35.1 Å². The molecule has 14 nitrogen and oxygen atoms in total. The maximum Gasteiger partial charge on any atom is 0.321 e. The lowest BCUT2D eigenvalue weighted by Gasteiger charge is -2.42. The van der Waals surface area contributed by atoms with E-state index in [1.165, 1.54) is 24.3 Å². The number of aliphatic hydroxyl groups is 2. The van der Waals surface area contributed by atoms with Crippen LogP contribution in [0.4, 0.5) is 0 Å². The summed E-state index contributed by atoms with van der Waals surface area (Å²) >= 11 is 0.897. The quantitative estimate of drug-likeness (QED) is 0.124. The number of aliphatic hydroxyl groups excluding tert-OH is 2. The number of fused-ring (bicyclic) bond motifs is 2. The molecule has 49 heavy (non-hydrogen) atoms. The van der Waals surface area contributed by atoms with Crippen LogP contribution in [-0.2, 0) is 4.79 Å². The number of carboxylic acids is 1. The summed E-state index contributed by atoms with van der Waals surface area (Å²) in [6.45, 7) is 1.66. The molecular weight excluding hydrogens is 662 g/mol. The first-order chi connectivity index (χ1) is 23.2. The molecule has 0 fully saturated rings. The molecular formula is C34H33NO13S. The van der Waals surface area contributed by atoms with Crippen LogP contribution >= 0.6 is 11.8 Å². The zero-order chi connectivity index (χ0) is 35.5. The van der Waals surface area contributed by atoms with E-state index in [1.54, 1.807) is 19.1 Å². The number of phenols is 7. The van der Waals surface area contributed by atoms with Crippen molar-refractivity contribution in [3.8, 4) is 51.7 Å². The van der Waals surface area contributed by atoms with Crippen molar-refractivity contribution >= 4 is 17.7 Å². The van der Waals surface area contributed by atoms with Gasteiger partial charge in [0.25, 0.3) is 0 Å². The van der Waals surface area contributed by atoms with Crippen LogP contribution in [-0.4, -0.2) is 81.0 Å². The monoisotopic (exact) mass is 695 g/mol. The van der Waals surface area contributed by atoms with Gasteiger partial charge in [-0.1, -0.05) is 18.2 Å². The van der Waals surface area contributed by atoms with E-state index < -0.39 is 82.1 Å². The van der Waals surface area contributed by atoms with E-state index in [9.17, 15) is 55.9 Å². The standard InChI is InChI=1S/C34H33NO13S/c1-12-2-3-13(6-18(12)38)31-29(44)33(49-11-16(35)34(45)46)26-22(42)10-21(41)25(32(26)48-31)27-24-20(40)8-15(36)9-23(24)47-30(28(27)43)14-4-5-17(37)19(39)7-14/h2-10,16,27-31,33,36-44H,11,35H2,1H3,(H,45,46)/t16-,27+,28+,29-,30+,31+,33-/m0/s1. The summed E-state index contributed by atoms with van der Waals surface area (Å²) < 4.78 is 12.4. The Morgan fingerprint density at radius 2 is 1.35 bits per heavy atom. The van der Waals surface area contributed by atoms with Gasteiger partial charge in [0.05, 0.1) is 16.7 Å². The van der Waals surface area contributed by atoms with Crippen molar-refractivity contribution < 1.29 is 65.3 Å². The SMILES string of the molecule is Cc1ccc([C@H]2Oc3c([C@H]4c5c(O)cc(O)cc5O[C@H](c5ccc(O)c(O)c5)[C@@H]4O)c(O)cc(O)c3[C@H](SC[C@H](N)C(=O)O)[C@H]2O)cc1O. The maximum absolute atomic E-state index is 12.0. The summed E-state index contributed by atoms with van der Waals surface area (Å²) in [5.41, 5.74) is 6.40. The number of rotatable bonds is 7. The van der Waals surface area contributed by atoms with E-state index in [2.05, 4.69) is 0 Å². The van der Waals surface area contributed by atoms with Gasteiger partial charge < -0.3 is 66.3 Å². The number of carboxylic acid groups (broad SMARTS) is 1. The number of carbonyl (C=O) groups is 1. The van der Waals surface area contributed by atoms with E-state index >= 15 is 0 Å². The molecule has 7 atom stereocenters. The summed E-state index contributed by atoms with van der Waals surface area (Å²) in [7, 11) is 0. The normalized spacial score (nSPS) is 23.4. The van der Waals surface area contributed by atoms with Gasteiger partial charge in [0.1, 0.15) is 58.5 Å². The number of benzene rings is 4. The maximum atomic E-state index is 12.0. The smallest absolute Gasteiger partial charge is 0.321 e. The second-order valence-corrected chi connectivity index (χ2v) is 13.2. The van der Waals surface area contributed by atoms with Crippen LogP contribution in [0, 0.1) is 6.92 Å². The zero-order valence-electron chi connectivity index (χ0n) is 25.6. The van der Waals surface area contributed by atoms with Gasteiger partial charge in [0.15, 0.2) is 23.7 Å². The van der Waals surface area contributed by atoms with Crippen molar-refractivity contribution in [1.82, 2.24) is 0 Å². The van der Waals surface area contributed by atoms with Gasteiger partial charge in [-0.15, -0.1) is 11.8 Å². The van der Waals surface area contributed by atoms with Crippen LogP contribution < -0.4 is 15.2 Å². The van der Waals surface area contributed by atoms with E-state index in [4.69, 9.17) is 15.2 Å². The summed E-state index contributed by atoms with van der Waals surface area (Å²) in [6.07, 6.45) is -5.79. The van der Waals surface area contributed by atoms with E-state index in [0.717, 1.165) is 30.0 Å². The molecule has 15 heteroatoms. The first-order valence-corrected chi connectivity index (χ1v) is 16.0. The molecule has 258 valence electrons. The van der Waals surface area contributed by atoms with Crippen molar-refractivity contribution in [2.24, 2.45) is 5.73 Å². The molecule has 0 radical (unpaired) electrons. The third kappa shape index (κ3) is 5.90. The molecule has 4 aromatic carbocycles. The van der Waals surface area contributed by atoms with Crippen LogP contribution in [0.5, 0.6) is 51.7 Å². The minimum absolute atomic E-state index is 0.0761. The van der Waals surface area contributed by atoms with Gasteiger partial charge in [0.2, 0.25) is 0 Å². The summed E-state index contributed by atoms with van der Waals surface area (Å²) in [6, 6.07) is 9.96. The second kappa shape index (κ2) is 12.7. The molecule has 0 aliphatic carbocycles. The third-order valence-corrected chi connectivity index (χ3v) is 10.2. The summed E-state index contributed by atoms with van der Waals surface area (Å²) in [5, 5.41) is 107. The Morgan fingerprint density at radius 3 is 2.00 bits per heavy atom. The minimum atomic E-state index is -1.68. The van der Waals surface area contributed by atoms with Gasteiger partial charge >= 0.3 is 5.97 Å². The van der Waals surface area contributed by atoms with Crippen LogP contribution in [0.3, 0.4) is 0 Å². The highest BCUT2D eigenvalue weighted by atomic mass is 32.2. The fourth-order valence-electron chi connectivity index (χ4n) is 6.28. The Kier molecular flexibility index (Phi) is 8.70. The fourth-order valence-corrected chi connectivity index (χ4v) is 7.57. The summed E-state index contributed by atoms with van der Waals surface area (Å²) in [5.74, 6) is -6.52. The lowest BCUT2D eigenvalue weighted by Crippen LogP contribution is -2.38. The molecule has 2 aliphatic heterocycles. The molecule has 0 bridgehead atoms. The Hall–Kier alpha value is -5.22. The number of aryl methyl sites for hydroxylation is 1. The molecule has 0 saturated carbocycles. The predicted molar refractivity (Wildman–Crippen MR) is 174 cm³/mol. The lowest BCUT2D eigenvalue weighted by atomic mass is 9.77. The van der Waals surface area contributed by atoms with Crippen LogP contribution in [0.15, 0.2) is 54.6 Å². The van der Waals surface area contributed by atoms with Gasteiger partial charge in [-0.3, -0.25) is 4.79 Å². The van der Waals surface area contributed by atoms with Gasteiger partial charge in [-0.2, -0.15) is 0 Å².